The molecule has 1 saturated carbocycles. The number of ether oxygens (including phenoxy) is 2. The number of fused-ring (bicyclic) bond motifs is 1. The highest BCUT2D eigenvalue weighted by atomic mass is 16.6. The van der Waals surface area contributed by atoms with Crippen LogP contribution in [-0.4, -0.2) is 31.6 Å². The van der Waals surface area contributed by atoms with Gasteiger partial charge in [-0.3, -0.25) is 9.59 Å². The Morgan fingerprint density at radius 3 is 2.25 bits per heavy atom. The van der Waals surface area contributed by atoms with Crippen LogP contribution in [0.4, 0.5) is 0 Å². The van der Waals surface area contributed by atoms with Crippen LogP contribution < -0.4 is 20.5 Å². The highest BCUT2D eigenvalue weighted by Gasteiger charge is 2.36. The molecule has 0 aromatic heterocycles. The van der Waals surface area contributed by atoms with Crippen LogP contribution in [-0.2, 0) is 5.41 Å². The van der Waals surface area contributed by atoms with E-state index >= 15 is 0 Å². The van der Waals surface area contributed by atoms with E-state index in [2.05, 4.69) is 17.4 Å². The molecule has 6 nitrogen and oxygen atoms in total. The van der Waals surface area contributed by atoms with Gasteiger partial charge in [0.2, 0.25) is 5.91 Å². The molecule has 1 aliphatic carbocycles. The fourth-order valence-electron chi connectivity index (χ4n) is 4.13. The van der Waals surface area contributed by atoms with Gasteiger partial charge in [-0.05, 0) is 54.8 Å². The van der Waals surface area contributed by atoms with E-state index in [4.69, 9.17) is 15.2 Å². The van der Waals surface area contributed by atoms with Gasteiger partial charge in [0.15, 0.2) is 11.5 Å². The molecule has 4 rings (SSSR count). The molecule has 0 saturated heterocycles. The van der Waals surface area contributed by atoms with Crippen LogP contribution in [0.5, 0.6) is 11.5 Å². The third-order valence-corrected chi connectivity index (χ3v) is 5.73. The number of primary amides is 1. The standard InChI is InChI=1S/C22H24N2O4/c23-20(25)15-3-5-16(6-4-15)21(26)24-14-22(9-1-2-10-22)17-7-8-18-19(13-17)28-12-11-27-18/h3-8,13H,1-2,9-12,14H2,(H2,23,25)(H,24,26). The smallest absolute Gasteiger partial charge is 0.251 e. The molecule has 3 N–H and O–H groups in total. The molecule has 0 bridgehead atoms. The minimum atomic E-state index is -0.504. The monoisotopic (exact) mass is 380 g/mol. The van der Waals surface area contributed by atoms with Gasteiger partial charge in [-0.2, -0.15) is 0 Å². The van der Waals surface area contributed by atoms with Gasteiger partial charge in [0.25, 0.3) is 5.91 Å². The number of amides is 2. The summed E-state index contributed by atoms with van der Waals surface area (Å²) in [5, 5.41) is 3.08. The van der Waals surface area contributed by atoms with Crippen LogP contribution in [0.3, 0.4) is 0 Å². The van der Waals surface area contributed by atoms with Crippen LogP contribution in [0.2, 0.25) is 0 Å². The van der Waals surface area contributed by atoms with E-state index in [-0.39, 0.29) is 11.3 Å². The van der Waals surface area contributed by atoms with Crippen LogP contribution >= 0.6 is 0 Å². The van der Waals surface area contributed by atoms with Crippen molar-refractivity contribution in [2.75, 3.05) is 19.8 Å². The molecule has 1 heterocycles. The number of nitrogens with two attached hydrogens (primary N) is 1. The van der Waals surface area contributed by atoms with Crippen molar-refractivity contribution in [2.24, 2.45) is 5.73 Å². The topological polar surface area (TPSA) is 90.7 Å². The van der Waals surface area contributed by atoms with Crippen molar-refractivity contribution in [3.8, 4) is 11.5 Å². The van der Waals surface area contributed by atoms with Gasteiger partial charge in [-0.15, -0.1) is 0 Å². The lowest BCUT2D eigenvalue weighted by Gasteiger charge is -2.31. The van der Waals surface area contributed by atoms with Crippen molar-refractivity contribution in [1.82, 2.24) is 5.32 Å². The van der Waals surface area contributed by atoms with Crippen molar-refractivity contribution >= 4 is 11.8 Å². The van der Waals surface area contributed by atoms with E-state index in [0.29, 0.717) is 30.9 Å². The van der Waals surface area contributed by atoms with Crippen LogP contribution in [0, 0.1) is 0 Å². The van der Waals surface area contributed by atoms with Crippen LogP contribution in [0.25, 0.3) is 0 Å². The Morgan fingerprint density at radius 2 is 1.57 bits per heavy atom. The lowest BCUT2D eigenvalue weighted by atomic mass is 9.78. The summed E-state index contributed by atoms with van der Waals surface area (Å²) >= 11 is 0. The van der Waals surface area contributed by atoms with E-state index in [1.54, 1.807) is 24.3 Å². The first-order chi connectivity index (χ1) is 13.6. The normalized spacial score (nSPS) is 17.1. The third kappa shape index (κ3) is 3.54. The molecule has 146 valence electrons. The van der Waals surface area contributed by atoms with Crippen molar-refractivity contribution in [2.45, 2.75) is 31.1 Å². The Bertz CT molecular complexity index is 886. The molecule has 0 spiro atoms. The second-order valence-electron chi connectivity index (χ2n) is 7.47. The second kappa shape index (κ2) is 7.54. The first-order valence-electron chi connectivity index (χ1n) is 9.66. The van der Waals surface area contributed by atoms with Gasteiger partial charge in [0.1, 0.15) is 13.2 Å². The largest absolute Gasteiger partial charge is 0.486 e. The SMILES string of the molecule is NC(=O)c1ccc(C(=O)NCC2(c3ccc4c(c3)OCCO4)CCCC2)cc1. The Balaban J connectivity index is 1.50. The lowest BCUT2D eigenvalue weighted by molar-refractivity contribution is 0.0940. The third-order valence-electron chi connectivity index (χ3n) is 5.73. The molecule has 0 atom stereocenters. The first-order valence-corrected chi connectivity index (χ1v) is 9.66. The molecule has 6 heteroatoms. The maximum atomic E-state index is 12.6. The molecule has 0 radical (unpaired) electrons. The summed E-state index contributed by atoms with van der Waals surface area (Å²) < 4.78 is 11.4. The quantitative estimate of drug-likeness (QED) is 0.835. The molecule has 2 amide bonds. The summed E-state index contributed by atoms with van der Waals surface area (Å²) in [5.74, 6) is 0.903. The highest BCUT2D eigenvalue weighted by molar-refractivity contribution is 5.97. The molecule has 1 fully saturated rings. The minimum absolute atomic E-state index is 0.0985. The summed E-state index contributed by atoms with van der Waals surface area (Å²) in [5.41, 5.74) is 7.24. The zero-order chi connectivity index (χ0) is 19.6. The molecule has 2 aromatic carbocycles. The zero-order valence-electron chi connectivity index (χ0n) is 15.7. The van der Waals surface area contributed by atoms with Gasteiger partial charge < -0.3 is 20.5 Å². The molecule has 28 heavy (non-hydrogen) atoms. The number of hydrogen-bond donors (Lipinski definition) is 2. The molecule has 2 aliphatic rings. The number of nitrogens with one attached hydrogen (secondary N) is 1. The molecular formula is C22H24N2O4. The fraction of sp³-hybridized carbons (Fsp3) is 0.364. The van der Waals surface area contributed by atoms with E-state index < -0.39 is 5.91 Å². The van der Waals surface area contributed by atoms with E-state index in [1.807, 2.05) is 6.07 Å². The van der Waals surface area contributed by atoms with E-state index in [1.165, 1.54) is 5.56 Å². The van der Waals surface area contributed by atoms with Gasteiger partial charge in [0.05, 0.1) is 0 Å². The lowest BCUT2D eigenvalue weighted by Crippen LogP contribution is -2.39. The molecule has 0 unspecified atom stereocenters. The van der Waals surface area contributed by atoms with Gasteiger partial charge in [-0.1, -0.05) is 18.9 Å². The maximum Gasteiger partial charge on any atom is 0.251 e. The summed E-state index contributed by atoms with van der Waals surface area (Å²) in [7, 11) is 0. The van der Waals surface area contributed by atoms with Crippen molar-refractivity contribution < 1.29 is 19.1 Å². The number of benzene rings is 2. The summed E-state index contributed by atoms with van der Waals surface area (Å²) in [6.07, 6.45) is 4.32. The molecule has 1 aliphatic heterocycles. The van der Waals surface area contributed by atoms with Crippen molar-refractivity contribution in [3.63, 3.8) is 0 Å². The van der Waals surface area contributed by atoms with Crippen LogP contribution in [0.15, 0.2) is 42.5 Å². The Hall–Kier alpha value is -3.02. The maximum absolute atomic E-state index is 12.6. The van der Waals surface area contributed by atoms with Crippen LogP contribution in [0.1, 0.15) is 52.0 Å². The number of hydrogen-bond acceptors (Lipinski definition) is 4. The van der Waals surface area contributed by atoms with Crippen molar-refractivity contribution in [1.29, 1.82) is 0 Å². The summed E-state index contributed by atoms with van der Waals surface area (Å²) in [6, 6.07) is 12.5. The van der Waals surface area contributed by atoms with Gasteiger partial charge in [-0.25, -0.2) is 0 Å². The van der Waals surface area contributed by atoms with E-state index in [9.17, 15) is 9.59 Å². The first kappa shape index (κ1) is 18.3. The number of carbonyl (C=O) groups is 2. The number of carbonyl (C=O) groups excluding carboxylic acids is 2. The van der Waals surface area contributed by atoms with E-state index in [0.717, 1.165) is 37.2 Å². The highest BCUT2D eigenvalue weighted by Crippen LogP contribution is 2.43. The predicted molar refractivity (Wildman–Crippen MR) is 105 cm³/mol. The average molecular weight is 380 g/mol. The Kier molecular flexibility index (Phi) is 4.94. The summed E-state index contributed by atoms with van der Waals surface area (Å²) in [4.78, 5) is 23.8. The average Bonchev–Trinajstić information content (AvgIpc) is 3.22. The predicted octanol–water partition coefficient (Wildman–Crippen LogP) is 2.80. The fourth-order valence-corrected chi connectivity index (χ4v) is 4.13. The Labute approximate surface area is 164 Å². The number of rotatable bonds is 5. The summed E-state index contributed by atoms with van der Waals surface area (Å²) in [6.45, 7) is 1.69. The van der Waals surface area contributed by atoms with Gasteiger partial charge >= 0.3 is 0 Å². The Morgan fingerprint density at radius 1 is 0.929 bits per heavy atom. The second-order valence-corrected chi connectivity index (χ2v) is 7.47. The molecule has 2 aromatic rings. The van der Waals surface area contributed by atoms with Gasteiger partial charge in [0, 0.05) is 23.1 Å². The molecular weight excluding hydrogens is 356 g/mol. The zero-order valence-corrected chi connectivity index (χ0v) is 15.7. The van der Waals surface area contributed by atoms with Crippen molar-refractivity contribution in [3.05, 3.63) is 59.2 Å². The minimum Gasteiger partial charge on any atom is -0.486 e.